The van der Waals surface area contributed by atoms with Crippen molar-refractivity contribution in [2.45, 2.75) is 20.0 Å². The van der Waals surface area contributed by atoms with Crippen LogP contribution in [0.15, 0.2) is 72.9 Å². The Kier molecular flexibility index (Phi) is 6.52. The maximum absolute atomic E-state index is 12.6. The number of ketones is 1. The lowest BCUT2D eigenvalue weighted by Crippen LogP contribution is -2.10. The van der Waals surface area contributed by atoms with Crippen LogP contribution in [0.1, 0.15) is 38.9 Å². The van der Waals surface area contributed by atoms with Crippen LogP contribution >= 0.6 is 0 Å². The first kappa shape index (κ1) is 19.3. The summed E-state index contributed by atoms with van der Waals surface area (Å²) in [6, 6.07) is 20.3. The van der Waals surface area contributed by atoms with E-state index in [1.165, 1.54) is 18.3 Å². The van der Waals surface area contributed by atoms with Crippen LogP contribution in [-0.4, -0.2) is 23.3 Å². The van der Waals surface area contributed by atoms with Crippen LogP contribution in [0.5, 0.6) is 5.75 Å². The molecule has 0 radical (unpaired) electrons. The highest BCUT2D eigenvalue weighted by Gasteiger charge is 2.13. The molecule has 28 heavy (non-hydrogen) atoms. The summed E-state index contributed by atoms with van der Waals surface area (Å²) in [4.78, 5) is 28.5. The van der Waals surface area contributed by atoms with E-state index in [-0.39, 0.29) is 24.5 Å². The summed E-state index contributed by atoms with van der Waals surface area (Å²) in [7, 11) is 0. The summed E-state index contributed by atoms with van der Waals surface area (Å²) in [5.74, 6) is 0.0593. The van der Waals surface area contributed by atoms with Crippen LogP contribution < -0.4 is 4.74 Å². The number of esters is 1. The van der Waals surface area contributed by atoms with Gasteiger partial charge in [0.1, 0.15) is 18.1 Å². The minimum atomic E-state index is -0.463. The highest BCUT2D eigenvalue weighted by molar-refractivity contribution is 5.98. The molecule has 5 heteroatoms. The molecule has 0 fully saturated rings. The normalized spacial score (nSPS) is 10.3. The zero-order chi connectivity index (χ0) is 19.8. The molecule has 0 saturated carbocycles. The number of aromatic nitrogens is 1. The van der Waals surface area contributed by atoms with Crippen molar-refractivity contribution < 1.29 is 19.1 Å². The maximum Gasteiger partial charge on any atom is 0.338 e. The number of pyridine rings is 1. The van der Waals surface area contributed by atoms with Crippen molar-refractivity contribution in [1.82, 2.24) is 4.98 Å². The number of ether oxygens (including phenoxy) is 2. The molecule has 0 aliphatic heterocycles. The summed E-state index contributed by atoms with van der Waals surface area (Å²) in [5.41, 5.74) is 2.45. The predicted octanol–water partition coefficient (Wildman–Crippen LogP) is 4.26. The molecular formula is C23H21NO4. The fourth-order valence-electron chi connectivity index (χ4n) is 2.69. The van der Waals surface area contributed by atoms with Crippen LogP contribution in [0, 0.1) is 0 Å². The molecule has 0 bridgehead atoms. The average Bonchev–Trinajstić information content (AvgIpc) is 2.73. The molecule has 1 aromatic heterocycles. The van der Waals surface area contributed by atoms with E-state index in [1.807, 2.05) is 54.6 Å². The van der Waals surface area contributed by atoms with E-state index in [9.17, 15) is 9.59 Å². The second-order valence-corrected chi connectivity index (χ2v) is 6.17. The van der Waals surface area contributed by atoms with Gasteiger partial charge in [0.15, 0.2) is 5.78 Å². The molecule has 5 nitrogen and oxygen atoms in total. The predicted molar refractivity (Wildman–Crippen MR) is 105 cm³/mol. The Balaban J connectivity index is 1.66. The van der Waals surface area contributed by atoms with Gasteiger partial charge in [-0.2, -0.15) is 0 Å². The summed E-state index contributed by atoms with van der Waals surface area (Å²) < 4.78 is 10.8. The first-order valence-corrected chi connectivity index (χ1v) is 9.07. The minimum absolute atomic E-state index is 0.168. The zero-order valence-electron chi connectivity index (χ0n) is 15.6. The van der Waals surface area contributed by atoms with E-state index in [4.69, 9.17) is 9.47 Å². The number of benzene rings is 2. The smallest absolute Gasteiger partial charge is 0.338 e. The van der Waals surface area contributed by atoms with Crippen molar-refractivity contribution in [3.05, 3.63) is 95.3 Å². The van der Waals surface area contributed by atoms with Gasteiger partial charge in [-0.1, -0.05) is 42.5 Å². The summed E-state index contributed by atoms with van der Waals surface area (Å²) in [6.07, 6.45) is 1.61. The maximum atomic E-state index is 12.6. The van der Waals surface area contributed by atoms with Crippen molar-refractivity contribution in [3.63, 3.8) is 0 Å². The van der Waals surface area contributed by atoms with Crippen LogP contribution in [0.4, 0.5) is 0 Å². The molecule has 0 spiro atoms. The van der Waals surface area contributed by atoms with Gasteiger partial charge in [-0.05, 0) is 42.3 Å². The topological polar surface area (TPSA) is 65.5 Å². The van der Waals surface area contributed by atoms with Crippen molar-refractivity contribution in [3.8, 4) is 5.75 Å². The van der Waals surface area contributed by atoms with Crippen LogP contribution in [0.2, 0.25) is 0 Å². The number of carbonyl (C=O) groups is 2. The first-order valence-electron chi connectivity index (χ1n) is 9.07. The standard InChI is InChI=1S/C23H21NO4/c1-2-27-23(26)19-11-12-24-21(15-19)22(25)14-18-9-6-10-20(13-18)28-16-17-7-4-3-5-8-17/h3-13,15H,2,14,16H2,1H3. The van der Waals surface area contributed by atoms with Crippen LogP contribution in [-0.2, 0) is 17.8 Å². The lowest BCUT2D eigenvalue weighted by atomic mass is 10.1. The highest BCUT2D eigenvalue weighted by atomic mass is 16.5. The number of nitrogens with zero attached hydrogens (tertiary/aromatic N) is 1. The summed E-state index contributed by atoms with van der Waals surface area (Å²) in [5, 5.41) is 0. The monoisotopic (exact) mass is 375 g/mol. The highest BCUT2D eigenvalue weighted by Crippen LogP contribution is 2.17. The molecule has 0 N–H and O–H groups in total. The molecule has 0 aliphatic carbocycles. The molecule has 3 rings (SSSR count). The molecule has 0 unspecified atom stereocenters. The van der Waals surface area contributed by atoms with E-state index in [2.05, 4.69) is 4.98 Å². The van der Waals surface area contributed by atoms with Gasteiger partial charge in [0.2, 0.25) is 0 Å². The Morgan fingerprint density at radius 1 is 0.929 bits per heavy atom. The first-order chi connectivity index (χ1) is 13.7. The van der Waals surface area contributed by atoms with E-state index in [0.717, 1.165) is 11.1 Å². The number of rotatable bonds is 8. The van der Waals surface area contributed by atoms with Crippen molar-refractivity contribution >= 4 is 11.8 Å². The fraction of sp³-hybridized carbons (Fsp3) is 0.174. The molecule has 142 valence electrons. The van der Waals surface area contributed by atoms with E-state index < -0.39 is 5.97 Å². The average molecular weight is 375 g/mol. The molecule has 0 aliphatic rings. The van der Waals surface area contributed by atoms with Crippen LogP contribution in [0.25, 0.3) is 0 Å². The lowest BCUT2D eigenvalue weighted by molar-refractivity contribution is 0.0526. The van der Waals surface area contributed by atoms with Crippen LogP contribution in [0.3, 0.4) is 0 Å². The Morgan fingerprint density at radius 2 is 1.71 bits per heavy atom. The Bertz CT molecular complexity index is 954. The number of hydrogen-bond acceptors (Lipinski definition) is 5. The third-order valence-electron chi connectivity index (χ3n) is 4.07. The minimum Gasteiger partial charge on any atom is -0.489 e. The number of carbonyl (C=O) groups excluding carboxylic acids is 2. The van der Waals surface area contributed by atoms with Gasteiger partial charge in [-0.3, -0.25) is 9.78 Å². The fourth-order valence-corrected chi connectivity index (χ4v) is 2.69. The summed E-state index contributed by atoms with van der Waals surface area (Å²) >= 11 is 0. The van der Waals surface area contributed by atoms with Gasteiger partial charge < -0.3 is 9.47 Å². The Labute approximate surface area is 164 Å². The third kappa shape index (κ3) is 5.27. The van der Waals surface area contributed by atoms with Gasteiger partial charge in [-0.15, -0.1) is 0 Å². The van der Waals surface area contributed by atoms with E-state index >= 15 is 0 Å². The van der Waals surface area contributed by atoms with Crippen molar-refractivity contribution in [2.75, 3.05) is 6.61 Å². The molecule has 0 saturated heterocycles. The van der Waals surface area contributed by atoms with Gasteiger partial charge >= 0.3 is 5.97 Å². The van der Waals surface area contributed by atoms with Gasteiger partial charge in [0.05, 0.1) is 12.2 Å². The molecule has 2 aromatic carbocycles. The third-order valence-corrected chi connectivity index (χ3v) is 4.07. The van der Waals surface area contributed by atoms with Gasteiger partial charge in [-0.25, -0.2) is 4.79 Å². The molecule has 3 aromatic rings. The number of hydrogen-bond donors (Lipinski definition) is 0. The second kappa shape index (κ2) is 9.46. The largest absolute Gasteiger partial charge is 0.489 e. The van der Waals surface area contributed by atoms with E-state index in [0.29, 0.717) is 17.9 Å². The van der Waals surface area contributed by atoms with Gasteiger partial charge in [0, 0.05) is 12.6 Å². The molecule has 0 amide bonds. The van der Waals surface area contributed by atoms with Crippen molar-refractivity contribution in [2.24, 2.45) is 0 Å². The second-order valence-electron chi connectivity index (χ2n) is 6.17. The zero-order valence-corrected chi connectivity index (χ0v) is 15.6. The lowest BCUT2D eigenvalue weighted by Gasteiger charge is -2.08. The Hall–Kier alpha value is -3.47. The van der Waals surface area contributed by atoms with Crippen molar-refractivity contribution in [1.29, 1.82) is 0 Å². The Morgan fingerprint density at radius 3 is 2.50 bits per heavy atom. The number of Topliss-reactive ketones (excluding diaryl/α,β-unsaturated/α-hetero) is 1. The molecule has 1 heterocycles. The SMILES string of the molecule is CCOC(=O)c1ccnc(C(=O)Cc2cccc(OCc3ccccc3)c2)c1. The van der Waals surface area contributed by atoms with Gasteiger partial charge in [0.25, 0.3) is 0 Å². The summed E-state index contributed by atoms with van der Waals surface area (Å²) in [6.45, 7) is 2.47. The van der Waals surface area contributed by atoms with E-state index in [1.54, 1.807) is 6.92 Å². The quantitative estimate of drug-likeness (QED) is 0.435. The molecule has 0 atom stereocenters. The molecular weight excluding hydrogens is 354 g/mol.